The smallest absolute Gasteiger partial charge is 0.246 e. The molecule has 5 heteroatoms. The van der Waals surface area contributed by atoms with Crippen LogP contribution in [0.25, 0.3) is 0 Å². The van der Waals surface area contributed by atoms with Crippen LogP contribution < -0.4 is 0 Å². The predicted octanol–water partition coefficient (Wildman–Crippen LogP) is 1.32. The maximum absolute atomic E-state index is 12.0. The second kappa shape index (κ2) is 8.54. The molecule has 0 saturated carbocycles. The Morgan fingerprint density at radius 3 is 2.76 bits per heavy atom. The standard InChI is InChI=1S/C16H23N3O2/c1-2-16(20)19(14-15-4-6-17-7-5-15)9-3-8-18-10-12-21-13-11-18/h2,4-7H,1,3,8-14H2. The summed E-state index contributed by atoms with van der Waals surface area (Å²) in [5.74, 6) is -0.0196. The normalized spacial score (nSPS) is 15.6. The van der Waals surface area contributed by atoms with E-state index < -0.39 is 0 Å². The Balaban J connectivity index is 1.81. The van der Waals surface area contributed by atoms with E-state index in [1.54, 1.807) is 12.4 Å². The van der Waals surface area contributed by atoms with E-state index in [2.05, 4.69) is 16.5 Å². The SMILES string of the molecule is C=CC(=O)N(CCCN1CCOCC1)Cc1ccncc1. The van der Waals surface area contributed by atoms with Crippen molar-refractivity contribution in [1.29, 1.82) is 0 Å². The number of amides is 1. The fourth-order valence-corrected chi connectivity index (χ4v) is 2.41. The first kappa shape index (κ1) is 15.7. The molecule has 1 aromatic rings. The van der Waals surface area contributed by atoms with E-state index in [4.69, 9.17) is 4.74 Å². The summed E-state index contributed by atoms with van der Waals surface area (Å²) in [5, 5.41) is 0. The topological polar surface area (TPSA) is 45.7 Å². The fourth-order valence-electron chi connectivity index (χ4n) is 2.41. The Bertz CT molecular complexity index is 444. The van der Waals surface area contributed by atoms with Gasteiger partial charge in [0.15, 0.2) is 0 Å². The van der Waals surface area contributed by atoms with E-state index in [1.165, 1.54) is 6.08 Å². The summed E-state index contributed by atoms with van der Waals surface area (Å²) >= 11 is 0. The van der Waals surface area contributed by atoms with Gasteiger partial charge in [0.1, 0.15) is 0 Å². The Labute approximate surface area is 126 Å². The van der Waals surface area contributed by atoms with Gasteiger partial charge in [-0.15, -0.1) is 0 Å². The van der Waals surface area contributed by atoms with Crippen molar-refractivity contribution in [1.82, 2.24) is 14.8 Å². The number of nitrogens with zero attached hydrogens (tertiary/aromatic N) is 3. The molecule has 5 nitrogen and oxygen atoms in total. The van der Waals surface area contributed by atoms with Crippen molar-refractivity contribution < 1.29 is 9.53 Å². The largest absolute Gasteiger partial charge is 0.379 e. The highest BCUT2D eigenvalue weighted by molar-refractivity contribution is 5.86. The van der Waals surface area contributed by atoms with E-state index in [9.17, 15) is 4.79 Å². The van der Waals surface area contributed by atoms with Gasteiger partial charge in [-0.25, -0.2) is 0 Å². The quantitative estimate of drug-likeness (QED) is 0.710. The highest BCUT2D eigenvalue weighted by Crippen LogP contribution is 2.06. The summed E-state index contributed by atoms with van der Waals surface area (Å²) < 4.78 is 5.34. The van der Waals surface area contributed by atoms with Crippen LogP contribution in [0, 0.1) is 0 Å². The van der Waals surface area contributed by atoms with Gasteiger partial charge in [-0.1, -0.05) is 6.58 Å². The van der Waals surface area contributed by atoms with Crippen LogP contribution in [0.3, 0.4) is 0 Å². The molecule has 2 rings (SSSR count). The lowest BCUT2D eigenvalue weighted by Gasteiger charge is -2.28. The number of aromatic nitrogens is 1. The molecule has 0 bridgehead atoms. The van der Waals surface area contributed by atoms with Crippen LogP contribution in [0.4, 0.5) is 0 Å². The van der Waals surface area contributed by atoms with Crippen LogP contribution in [0.5, 0.6) is 0 Å². The zero-order valence-corrected chi connectivity index (χ0v) is 12.4. The second-order valence-electron chi connectivity index (χ2n) is 5.13. The molecular formula is C16H23N3O2. The Morgan fingerprint density at radius 1 is 1.38 bits per heavy atom. The van der Waals surface area contributed by atoms with E-state index >= 15 is 0 Å². The van der Waals surface area contributed by atoms with Gasteiger partial charge in [-0.3, -0.25) is 14.7 Å². The van der Waals surface area contributed by atoms with Crippen LogP contribution in [-0.4, -0.2) is 60.1 Å². The number of hydrogen-bond acceptors (Lipinski definition) is 4. The predicted molar refractivity (Wildman–Crippen MR) is 81.7 cm³/mol. The van der Waals surface area contributed by atoms with Crippen molar-refractivity contribution in [3.8, 4) is 0 Å². The number of ether oxygens (including phenoxy) is 1. The molecule has 0 N–H and O–H groups in total. The van der Waals surface area contributed by atoms with Crippen LogP contribution in [0.1, 0.15) is 12.0 Å². The number of pyridine rings is 1. The highest BCUT2D eigenvalue weighted by atomic mass is 16.5. The van der Waals surface area contributed by atoms with Gasteiger partial charge in [-0.05, 0) is 30.2 Å². The van der Waals surface area contributed by atoms with Crippen LogP contribution in [0.2, 0.25) is 0 Å². The summed E-state index contributed by atoms with van der Waals surface area (Å²) in [6.45, 7) is 9.53. The van der Waals surface area contributed by atoms with Crippen molar-refractivity contribution in [2.24, 2.45) is 0 Å². The number of hydrogen-bond donors (Lipinski definition) is 0. The van der Waals surface area contributed by atoms with Crippen molar-refractivity contribution >= 4 is 5.91 Å². The molecule has 0 spiro atoms. The van der Waals surface area contributed by atoms with E-state index in [0.29, 0.717) is 6.54 Å². The average Bonchev–Trinajstić information content (AvgIpc) is 2.55. The van der Waals surface area contributed by atoms with Gasteiger partial charge in [0.25, 0.3) is 0 Å². The first-order valence-electron chi connectivity index (χ1n) is 7.40. The summed E-state index contributed by atoms with van der Waals surface area (Å²) in [6, 6.07) is 3.87. The minimum atomic E-state index is -0.0196. The molecule has 0 aromatic carbocycles. The molecule has 1 aliphatic heterocycles. The number of carbonyl (C=O) groups is 1. The third-order valence-electron chi connectivity index (χ3n) is 3.62. The fraction of sp³-hybridized carbons (Fsp3) is 0.500. The van der Waals surface area contributed by atoms with Crippen molar-refractivity contribution in [3.63, 3.8) is 0 Å². The Hall–Kier alpha value is -1.72. The molecule has 0 radical (unpaired) electrons. The summed E-state index contributed by atoms with van der Waals surface area (Å²) in [4.78, 5) is 20.2. The number of carbonyl (C=O) groups excluding carboxylic acids is 1. The number of morpholine rings is 1. The van der Waals surface area contributed by atoms with E-state index in [0.717, 1.165) is 51.4 Å². The summed E-state index contributed by atoms with van der Waals surface area (Å²) in [6.07, 6.45) is 5.85. The third-order valence-corrected chi connectivity index (χ3v) is 3.62. The maximum atomic E-state index is 12.0. The summed E-state index contributed by atoms with van der Waals surface area (Å²) in [5.41, 5.74) is 1.09. The van der Waals surface area contributed by atoms with Crippen LogP contribution in [-0.2, 0) is 16.1 Å². The zero-order valence-electron chi connectivity index (χ0n) is 12.4. The maximum Gasteiger partial charge on any atom is 0.246 e. The van der Waals surface area contributed by atoms with E-state index in [1.807, 2.05) is 17.0 Å². The molecule has 0 atom stereocenters. The minimum Gasteiger partial charge on any atom is -0.379 e. The van der Waals surface area contributed by atoms with Crippen molar-refractivity contribution in [2.45, 2.75) is 13.0 Å². The van der Waals surface area contributed by atoms with Gasteiger partial charge in [0.2, 0.25) is 5.91 Å². The molecule has 1 saturated heterocycles. The summed E-state index contributed by atoms with van der Waals surface area (Å²) in [7, 11) is 0. The third kappa shape index (κ3) is 5.28. The molecule has 1 fully saturated rings. The molecular weight excluding hydrogens is 266 g/mol. The van der Waals surface area contributed by atoms with Gasteiger partial charge in [0, 0.05) is 45.1 Å². The van der Waals surface area contributed by atoms with Crippen LogP contribution in [0.15, 0.2) is 37.2 Å². The zero-order chi connectivity index (χ0) is 14.9. The minimum absolute atomic E-state index is 0.0196. The molecule has 2 heterocycles. The molecule has 21 heavy (non-hydrogen) atoms. The molecule has 114 valence electrons. The first-order chi connectivity index (χ1) is 10.3. The average molecular weight is 289 g/mol. The lowest BCUT2D eigenvalue weighted by Crippen LogP contribution is -2.38. The van der Waals surface area contributed by atoms with E-state index in [-0.39, 0.29) is 5.91 Å². The molecule has 1 aliphatic rings. The Morgan fingerprint density at radius 2 is 2.10 bits per heavy atom. The second-order valence-corrected chi connectivity index (χ2v) is 5.13. The first-order valence-corrected chi connectivity index (χ1v) is 7.40. The van der Waals surface area contributed by atoms with Gasteiger partial charge in [0.05, 0.1) is 13.2 Å². The van der Waals surface area contributed by atoms with Gasteiger partial charge >= 0.3 is 0 Å². The van der Waals surface area contributed by atoms with Crippen LogP contribution >= 0.6 is 0 Å². The molecule has 0 unspecified atom stereocenters. The molecule has 1 amide bonds. The van der Waals surface area contributed by atoms with Crippen molar-refractivity contribution in [3.05, 3.63) is 42.7 Å². The lowest BCUT2D eigenvalue weighted by molar-refractivity contribution is -0.126. The highest BCUT2D eigenvalue weighted by Gasteiger charge is 2.13. The monoisotopic (exact) mass is 289 g/mol. The van der Waals surface area contributed by atoms with Crippen molar-refractivity contribution in [2.75, 3.05) is 39.4 Å². The molecule has 0 aliphatic carbocycles. The molecule has 1 aromatic heterocycles. The number of rotatable bonds is 7. The van der Waals surface area contributed by atoms with Gasteiger partial charge < -0.3 is 9.64 Å². The van der Waals surface area contributed by atoms with Gasteiger partial charge in [-0.2, -0.15) is 0 Å². The lowest BCUT2D eigenvalue weighted by atomic mass is 10.2. The Kier molecular flexibility index (Phi) is 6.37.